The summed E-state index contributed by atoms with van der Waals surface area (Å²) >= 11 is 0. The maximum atomic E-state index is 12.0. The summed E-state index contributed by atoms with van der Waals surface area (Å²) in [6, 6.07) is 10.5. The van der Waals surface area contributed by atoms with Crippen molar-refractivity contribution < 1.29 is 19.1 Å². The van der Waals surface area contributed by atoms with Gasteiger partial charge in [0.15, 0.2) is 18.1 Å². The van der Waals surface area contributed by atoms with E-state index in [1.165, 1.54) is 7.11 Å². The number of amides is 1. The molecule has 0 spiro atoms. The van der Waals surface area contributed by atoms with Crippen molar-refractivity contribution in [3.63, 3.8) is 0 Å². The zero-order valence-corrected chi connectivity index (χ0v) is 13.4. The molecule has 0 bridgehead atoms. The number of hydrogen-bond acceptors (Lipinski definition) is 4. The summed E-state index contributed by atoms with van der Waals surface area (Å²) in [5.74, 6) is 0.559. The Morgan fingerprint density at radius 1 is 1.17 bits per heavy atom. The van der Waals surface area contributed by atoms with Gasteiger partial charge < -0.3 is 14.8 Å². The van der Waals surface area contributed by atoms with E-state index in [-0.39, 0.29) is 12.5 Å². The lowest BCUT2D eigenvalue weighted by Crippen LogP contribution is -2.21. The molecule has 0 saturated carbocycles. The Hall–Kier alpha value is -2.82. The van der Waals surface area contributed by atoms with E-state index >= 15 is 0 Å². The summed E-state index contributed by atoms with van der Waals surface area (Å²) in [5.41, 5.74) is 3.37. The predicted octanol–water partition coefficient (Wildman–Crippen LogP) is 3.14. The number of carbonyl (C=O) groups excluding carboxylic acids is 2. The second-order valence-corrected chi connectivity index (χ2v) is 5.11. The monoisotopic (exact) mass is 313 g/mol. The third-order valence-electron chi connectivity index (χ3n) is 3.56. The van der Waals surface area contributed by atoms with Crippen molar-refractivity contribution in [3.8, 4) is 11.5 Å². The zero-order chi connectivity index (χ0) is 16.8. The van der Waals surface area contributed by atoms with Gasteiger partial charge in [0.05, 0.1) is 7.11 Å². The number of rotatable bonds is 6. The van der Waals surface area contributed by atoms with Crippen LogP contribution in [0.2, 0.25) is 0 Å². The standard InChI is InChI=1S/C18H19NO4/c1-12-5-4-6-15(13(12)2)19-18(21)11-23-16-8-7-14(10-20)9-17(16)22-3/h4-10H,11H2,1-3H3,(H,19,21). The van der Waals surface area contributed by atoms with Crippen LogP contribution in [0.4, 0.5) is 5.69 Å². The molecule has 0 atom stereocenters. The molecule has 1 amide bonds. The minimum atomic E-state index is -0.264. The third kappa shape index (κ3) is 4.10. The average molecular weight is 313 g/mol. The van der Waals surface area contributed by atoms with Crippen LogP contribution in [-0.2, 0) is 4.79 Å². The molecule has 0 fully saturated rings. The highest BCUT2D eigenvalue weighted by atomic mass is 16.5. The highest BCUT2D eigenvalue weighted by molar-refractivity contribution is 5.92. The van der Waals surface area contributed by atoms with Crippen LogP contribution in [0.1, 0.15) is 21.5 Å². The number of hydrogen-bond donors (Lipinski definition) is 1. The number of methoxy groups -OCH3 is 1. The zero-order valence-electron chi connectivity index (χ0n) is 13.4. The van der Waals surface area contributed by atoms with Gasteiger partial charge in [-0.15, -0.1) is 0 Å². The first-order chi connectivity index (χ1) is 11.0. The van der Waals surface area contributed by atoms with Crippen LogP contribution < -0.4 is 14.8 Å². The Balaban J connectivity index is 2.02. The van der Waals surface area contributed by atoms with Crippen LogP contribution in [0.3, 0.4) is 0 Å². The Morgan fingerprint density at radius 3 is 2.65 bits per heavy atom. The number of aryl methyl sites for hydroxylation is 1. The molecule has 0 aliphatic heterocycles. The smallest absolute Gasteiger partial charge is 0.262 e. The first kappa shape index (κ1) is 16.5. The highest BCUT2D eigenvalue weighted by Gasteiger charge is 2.10. The fourth-order valence-electron chi connectivity index (χ4n) is 2.09. The lowest BCUT2D eigenvalue weighted by atomic mass is 10.1. The molecule has 5 heteroatoms. The Labute approximate surface area is 135 Å². The number of anilines is 1. The molecule has 2 rings (SSSR count). The minimum absolute atomic E-state index is 0.149. The van der Waals surface area contributed by atoms with E-state index in [0.717, 1.165) is 23.1 Å². The first-order valence-corrected chi connectivity index (χ1v) is 7.17. The van der Waals surface area contributed by atoms with E-state index in [0.29, 0.717) is 17.1 Å². The van der Waals surface area contributed by atoms with Gasteiger partial charge in [-0.3, -0.25) is 9.59 Å². The number of carbonyl (C=O) groups is 2. The summed E-state index contributed by atoms with van der Waals surface area (Å²) in [7, 11) is 1.48. The van der Waals surface area contributed by atoms with Crippen molar-refractivity contribution in [3.05, 3.63) is 53.1 Å². The summed E-state index contributed by atoms with van der Waals surface area (Å²) in [4.78, 5) is 22.8. The van der Waals surface area contributed by atoms with Gasteiger partial charge in [-0.2, -0.15) is 0 Å². The summed E-state index contributed by atoms with van der Waals surface area (Å²) in [5, 5.41) is 2.82. The molecule has 1 N–H and O–H groups in total. The molecule has 0 aliphatic rings. The predicted molar refractivity (Wildman–Crippen MR) is 88.4 cm³/mol. The fraction of sp³-hybridized carbons (Fsp3) is 0.222. The molecule has 0 heterocycles. The lowest BCUT2D eigenvalue weighted by molar-refractivity contribution is -0.118. The molecule has 2 aromatic carbocycles. The second kappa shape index (κ2) is 7.45. The molecule has 0 aliphatic carbocycles. The van der Waals surface area contributed by atoms with Gasteiger partial charge in [-0.25, -0.2) is 0 Å². The number of nitrogens with one attached hydrogen (secondary N) is 1. The van der Waals surface area contributed by atoms with Crippen LogP contribution in [0, 0.1) is 13.8 Å². The van der Waals surface area contributed by atoms with E-state index in [1.54, 1.807) is 18.2 Å². The van der Waals surface area contributed by atoms with E-state index < -0.39 is 0 Å². The van der Waals surface area contributed by atoms with Gasteiger partial charge in [0.2, 0.25) is 0 Å². The molecular weight excluding hydrogens is 294 g/mol. The van der Waals surface area contributed by atoms with Crippen molar-refractivity contribution in [2.45, 2.75) is 13.8 Å². The quantitative estimate of drug-likeness (QED) is 0.832. The van der Waals surface area contributed by atoms with Gasteiger partial charge in [-0.05, 0) is 49.2 Å². The molecule has 2 aromatic rings. The van der Waals surface area contributed by atoms with Crippen molar-refractivity contribution in [2.75, 3.05) is 19.0 Å². The lowest BCUT2D eigenvalue weighted by Gasteiger charge is -2.13. The second-order valence-electron chi connectivity index (χ2n) is 5.11. The minimum Gasteiger partial charge on any atom is -0.493 e. The first-order valence-electron chi connectivity index (χ1n) is 7.17. The van der Waals surface area contributed by atoms with Crippen LogP contribution in [-0.4, -0.2) is 25.9 Å². The molecule has 0 saturated heterocycles. The normalized spacial score (nSPS) is 10.0. The molecule has 120 valence electrons. The van der Waals surface area contributed by atoms with Crippen molar-refractivity contribution >= 4 is 17.9 Å². The molecular formula is C18H19NO4. The Bertz CT molecular complexity index is 725. The molecule has 5 nitrogen and oxygen atoms in total. The number of ether oxygens (including phenoxy) is 2. The van der Waals surface area contributed by atoms with E-state index in [9.17, 15) is 9.59 Å². The van der Waals surface area contributed by atoms with Crippen molar-refractivity contribution in [1.82, 2.24) is 0 Å². The molecule has 0 unspecified atom stereocenters. The maximum Gasteiger partial charge on any atom is 0.262 e. The Morgan fingerprint density at radius 2 is 1.96 bits per heavy atom. The van der Waals surface area contributed by atoms with Crippen LogP contribution >= 0.6 is 0 Å². The van der Waals surface area contributed by atoms with Crippen molar-refractivity contribution in [1.29, 1.82) is 0 Å². The van der Waals surface area contributed by atoms with E-state index in [4.69, 9.17) is 9.47 Å². The summed E-state index contributed by atoms with van der Waals surface area (Å²) in [6.07, 6.45) is 0.722. The van der Waals surface area contributed by atoms with Crippen LogP contribution in [0.5, 0.6) is 11.5 Å². The number of benzene rings is 2. The van der Waals surface area contributed by atoms with E-state index in [1.807, 2.05) is 32.0 Å². The van der Waals surface area contributed by atoms with Crippen LogP contribution in [0.15, 0.2) is 36.4 Å². The topological polar surface area (TPSA) is 64.6 Å². The fourth-order valence-corrected chi connectivity index (χ4v) is 2.09. The molecule has 0 aromatic heterocycles. The third-order valence-corrected chi connectivity index (χ3v) is 3.56. The SMILES string of the molecule is COc1cc(C=O)ccc1OCC(=O)Nc1cccc(C)c1C. The van der Waals surface area contributed by atoms with Gasteiger partial charge in [0.25, 0.3) is 5.91 Å². The molecule has 23 heavy (non-hydrogen) atoms. The number of aldehydes is 1. The Kier molecular flexibility index (Phi) is 5.36. The van der Waals surface area contributed by atoms with Gasteiger partial charge in [-0.1, -0.05) is 12.1 Å². The summed E-state index contributed by atoms with van der Waals surface area (Å²) < 4.78 is 10.6. The van der Waals surface area contributed by atoms with Gasteiger partial charge in [0.1, 0.15) is 6.29 Å². The highest BCUT2D eigenvalue weighted by Crippen LogP contribution is 2.27. The van der Waals surface area contributed by atoms with Crippen LogP contribution in [0.25, 0.3) is 0 Å². The van der Waals surface area contributed by atoms with Crippen molar-refractivity contribution in [2.24, 2.45) is 0 Å². The van der Waals surface area contributed by atoms with Gasteiger partial charge >= 0.3 is 0 Å². The van der Waals surface area contributed by atoms with E-state index in [2.05, 4.69) is 5.32 Å². The molecule has 0 radical (unpaired) electrons. The summed E-state index contributed by atoms with van der Waals surface area (Å²) in [6.45, 7) is 3.79. The largest absolute Gasteiger partial charge is 0.493 e. The van der Waals surface area contributed by atoms with Gasteiger partial charge in [0, 0.05) is 11.3 Å². The average Bonchev–Trinajstić information content (AvgIpc) is 2.57. The maximum absolute atomic E-state index is 12.0.